The van der Waals surface area contributed by atoms with Crippen molar-refractivity contribution in [1.29, 1.82) is 0 Å². The van der Waals surface area contributed by atoms with Gasteiger partial charge >= 0.3 is 12.1 Å². The monoisotopic (exact) mass is 321 g/mol. The van der Waals surface area contributed by atoms with Crippen LogP contribution in [0.15, 0.2) is 42.5 Å². The number of carboxylic acid groups (broad SMARTS) is 1. The van der Waals surface area contributed by atoms with Gasteiger partial charge in [0.25, 0.3) is 0 Å². The highest BCUT2D eigenvalue weighted by Crippen LogP contribution is 2.14. The van der Waals surface area contributed by atoms with Gasteiger partial charge in [-0.1, -0.05) is 41.9 Å². The Morgan fingerprint density at radius 2 is 1.86 bits per heavy atom. The van der Waals surface area contributed by atoms with E-state index in [1.165, 1.54) is 12.1 Å². The quantitative estimate of drug-likeness (QED) is 0.908. The number of ether oxygens (including phenoxy) is 1. The van der Waals surface area contributed by atoms with Crippen molar-refractivity contribution in [2.24, 2.45) is 0 Å². The molecule has 0 aliphatic carbocycles. The van der Waals surface area contributed by atoms with E-state index in [1.54, 1.807) is 12.1 Å². The molecule has 0 radical (unpaired) electrons. The van der Waals surface area contributed by atoms with Crippen LogP contribution in [-0.4, -0.2) is 33.9 Å². The highest BCUT2D eigenvalue weighted by atomic mass is 35.5. The molecule has 0 saturated heterocycles. The zero-order valence-corrected chi connectivity index (χ0v) is 12.1. The molecule has 1 heterocycles. The van der Waals surface area contributed by atoms with Gasteiger partial charge in [0.1, 0.15) is 13.2 Å². The molecule has 1 aromatic carbocycles. The minimum atomic E-state index is -1.20. The lowest BCUT2D eigenvalue weighted by Crippen LogP contribution is -2.36. The number of carbonyl (C=O) groups excluding carboxylic acids is 1. The first-order chi connectivity index (χ1) is 10.6. The number of halogens is 1. The number of hydrogen-bond donors (Lipinski definition) is 1. The van der Waals surface area contributed by atoms with Gasteiger partial charge in [-0.15, -0.1) is 10.2 Å². The van der Waals surface area contributed by atoms with Gasteiger partial charge in [-0.2, -0.15) is 0 Å². The zero-order valence-electron chi connectivity index (χ0n) is 11.3. The molecule has 0 spiro atoms. The Labute approximate surface area is 131 Å². The second-order valence-electron chi connectivity index (χ2n) is 4.23. The van der Waals surface area contributed by atoms with Crippen LogP contribution in [0, 0.1) is 0 Å². The van der Waals surface area contributed by atoms with E-state index in [-0.39, 0.29) is 17.6 Å². The molecule has 1 N–H and O–H groups in total. The third-order valence-electron chi connectivity index (χ3n) is 2.61. The number of aromatic nitrogens is 2. The van der Waals surface area contributed by atoms with Crippen LogP contribution in [-0.2, 0) is 16.1 Å². The molecule has 8 heteroatoms. The molecule has 1 amide bonds. The summed E-state index contributed by atoms with van der Waals surface area (Å²) in [7, 11) is 0. The van der Waals surface area contributed by atoms with Crippen molar-refractivity contribution in [2.45, 2.75) is 6.61 Å². The standard InChI is InChI=1S/C14H12ClN3O4/c15-11-6-7-12(17-16-11)18(8-13(19)20)14(21)22-9-10-4-2-1-3-5-10/h1-7H,8-9H2,(H,19,20). The highest BCUT2D eigenvalue weighted by Gasteiger charge is 2.22. The molecule has 0 aliphatic heterocycles. The maximum absolute atomic E-state index is 12.1. The number of carboxylic acids is 1. The highest BCUT2D eigenvalue weighted by molar-refractivity contribution is 6.29. The maximum atomic E-state index is 12.1. The fourth-order valence-corrected chi connectivity index (χ4v) is 1.73. The Bertz CT molecular complexity index is 649. The van der Waals surface area contributed by atoms with Gasteiger partial charge in [-0.3, -0.25) is 4.79 Å². The van der Waals surface area contributed by atoms with Crippen molar-refractivity contribution in [2.75, 3.05) is 11.4 Å². The van der Waals surface area contributed by atoms with Crippen LogP contribution in [0.4, 0.5) is 10.6 Å². The van der Waals surface area contributed by atoms with E-state index in [9.17, 15) is 9.59 Å². The summed E-state index contributed by atoms with van der Waals surface area (Å²) < 4.78 is 5.10. The van der Waals surface area contributed by atoms with Crippen LogP contribution >= 0.6 is 11.6 Å². The van der Waals surface area contributed by atoms with Crippen molar-refractivity contribution in [3.8, 4) is 0 Å². The van der Waals surface area contributed by atoms with Gasteiger partial charge < -0.3 is 9.84 Å². The zero-order chi connectivity index (χ0) is 15.9. The number of carbonyl (C=O) groups is 2. The van der Waals surface area contributed by atoms with Gasteiger partial charge in [0.15, 0.2) is 11.0 Å². The van der Waals surface area contributed by atoms with Crippen LogP contribution in [0.2, 0.25) is 5.15 Å². The lowest BCUT2D eigenvalue weighted by molar-refractivity contribution is -0.135. The fourth-order valence-electron chi connectivity index (χ4n) is 1.62. The Hall–Kier alpha value is -2.67. The van der Waals surface area contributed by atoms with E-state index in [2.05, 4.69) is 10.2 Å². The van der Waals surface area contributed by atoms with E-state index >= 15 is 0 Å². The number of nitrogens with zero attached hydrogens (tertiary/aromatic N) is 3. The number of hydrogen-bond acceptors (Lipinski definition) is 5. The van der Waals surface area contributed by atoms with Gasteiger partial charge in [-0.05, 0) is 17.7 Å². The maximum Gasteiger partial charge on any atom is 0.416 e. The summed E-state index contributed by atoms with van der Waals surface area (Å²) in [6, 6.07) is 11.8. The molecule has 0 bridgehead atoms. The number of anilines is 1. The third-order valence-corrected chi connectivity index (χ3v) is 2.81. The first kappa shape index (κ1) is 15.7. The lowest BCUT2D eigenvalue weighted by Gasteiger charge is -2.18. The summed E-state index contributed by atoms with van der Waals surface area (Å²) >= 11 is 5.62. The topological polar surface area (TPSA) is 92.6 Å². The van der Waals surface area contributed by atoms with Crippen molar-refractivity contribution in [1.82, 2.24) is 10.2 Å². The molecular weight excluding hydrogens is 310 g/mol. The minimum Gasteiger partial charge on any atom is -0.480 e. The Morgan fingerprint density at radius 3 is 2.45 bits per heavy atom. The largest absolute Gasteiger partial charge is 0.480 e. The average molecular weight is 322 g/mol. The van der Waals surface area contributed by atoms with Gasteiger partial charge in [0.2, 0.25) is 0 Å². The summed E-state index contributed by atoms with van der Waals surface area (Å²) in [5.74, 6) is -1.15. The summed E-state index contributed by atoms with van der Waals surface area (Å²) in [4.78, 5) is 23.9. The average Bonchev–Trinajstić information content (AvgIpc) is 2.52. The summed E-state index contributed by atoms with van der Waals surface area (Å²) in [5.41, 5.74) is 0.785. The van der Waals surface area contributed by atoms with Gasteiger partial charge in [0, 0.05) is 0 Å². The molecule has 0 saturated carbocycles. The van der Waals surface area contributed by atoms with E-state index in [0.29, 0.717) is 0 Å². The first-order valence-electron chi connectivity index (χ1n) is 6.25. The Morgan fingerprint density at radius 1 is 1.14 bits per heavy atom. The molecule has 7 nitrogen and oxygen atoms in total. The molecular formula is C14H12ClN3O4. The molecule has 0 atom stereocenters. The minimum absolute atomic E-state index is 0.0246. The van der Waals surface area contributed by atoms with E-state index in [0.717, 1.165) is 10.5 Å². The number of aliphatic carboxylic acids is 1. The predicted molar refractivity (Wildman–Crippen MR) is 78.7 cm³/mol. The fraction of sp³-hybridized carbons (Fsp3) is 0.143. The molecule has 114 valence electrons. The van der Waals surface area contributed by atoms with Gasteiger partial charge in [-0.25, -0.2) is 9.69 Å². The Balaban J connectivity index is 2.09. The number of benzene rings is 1. The lowest BCUT2D eigenvalue weighted by atomic mass is 10.2. The molecule has 2 aromatic rings. The summed E-state index contributed by atoms with van der Waals surface area (Å²) in [6.45, 7) is -0.569. The Kier molecular flexibility index (Phi) is 5.26. The van der Waals surface area contributed by atoms with Gasteiger partial charge in [0.05, 0.1) is 0 Å². The third kappa shape index (κ3) is 4.42. The molecule has 22 heavy (non-hydrogen) atoms. The number of rotatable bonds is 5. The van der Waals surface area contributed by atoms with Crippen LogP contribution in [0.5, 0.6) is 0 Å². The SMILES string of the molecule is O=C(O)CN(C(=O)OCc1ccccc1)c1ccc(Cl)nn1. The van der Waals surface area contributed by atoms with Crippen molar-refractivity contribution < 1.29 is 19.4 Å². The van der Waals surface area contributed by atoms with E-state index < -0.39 is 18.6 Å². The predicted octanol–water partition coefficient (Wildman–Crippen LogP) is 2.36. The normalized spacial score (nSPS) is 10.0. The number of amides is 1. The van der Waals surface area contributed by atoms with Crippen molar-refractivity contribution >= 4 is 29.5 Å². The second-order valence-corrected chi connectivity index (χ2v) is 4.62. The molecule has 1 aromatic heterocycles. The summed E-state index contributed by atoms with van der Waals surface area (Å²) in [5, 5.41) is 16.3. The van der Waals surface area contributed by atoms with Crippen LogP contribution in [0.25, 0.3) is 0 Å². The van der Waals surface area contributed by atoms with Crippen LogP contribution in [0.3, 0.4) is 0 Å². The molecule has 2 rings (SSSR count). The second kappa shape index (κ2) is 7.37. The molecule has 0 aliphatic rings. The van der Waals surface area contributed by atoms with Crippen molar-refractivity contribution in [3.05, 3.63) is 53.2 Å². The smallest absolute Gasteiger partial charge is 0.416 e. The first-order valence-corrected chi connectivity index (χ1v) is 6.63. The van der Waals surface area contributed by atoms with Crippen molar-refractivity contribution in [3.63, 3.8) is 0 Å². The summed E-state index contributed by atoms with van der Waals surface area (Å²) in [6.07, 6.45) is -0.831. The van der Waals surface area contributed by atoms with Crippen LogP contribution in [0.1, 0.15) is 5.56 Å². The van der Waals surface area contributed by atoms with E-state index in [1.807, 2.05) is 18.2 Å². The van der Waals surface area contributed by atoms with Crippen LogP contribution < -0.4 is 4.90 Å². The van der Waals surface area contributed by atoms with E-state index in [4.69, 9.17) is 21.4 Å². The molecule has 0 fully saturated rings. The molecule has 0 unspecified atom stereocenters.